The number of nitrogens with zero attached hydrogens (tertiary/aromatic N) is 3. The minimum absolute atomic E-state index is 0.0406. The zero-order valence-corrected chi connectivity index (χ0v) is 22.1. The Kier molecular flexibility index (Phi) is 9.47. The van der Waals surface area contributed by atoms with E-state index in [1.54, 1.807) is 13.3 Å². The Morgan fingerprint density at radius 3 is 2.32 bits per heavy atom. The Hall–Kier alpha value is -3.09. The Morgan fingerprint density at radius 1 is 1.15 bits per heavy atom. The van der Waals surface area contributed by atoms with Crippen LogP contribution >= 0.6 is 0 Å². The molecule has 1 atom stereocenters. The minimum atomic E-state index is -0.758. The smallest absolute Gasteiger partial charge is 0.454 e. The number of allylic oxidation sites excluding steroid dienone is 1. The molecule has 0 aliphatic heterocycles. The van der Waals surface area contributed by atoms with E-state index in [2.05, 4.69) is 55.1 Å². The van der Waals surface area contributed by atoms with Gasteiger partial charge in [-0.25, -0.2) is 4.79 Å². The van der Waals surface area contributed by atoms with Crippen LogP contribution in [0.3, 0.4) is 0 Å². The van der Waals surface area contributed by atoms with Crippen molar-refractivity contribution >= 4 is 23.7 Å². The molecule has 34 heavy (non-hydrogen) atoms. The molecule has 0 aliphatic carbocycles. The van der Waals surface area contributed by atoms with Crippen molar-refractivity contribution in [1.82, 2.24) is 9.78 Å². The fourth-order valence-electron chi connectivity index (χ4n) is 3.42. The molecule has 1 heterocycles. The van der Waals surface area contributed by atoms with Gasteiger partial charge in [0.1, 0.15) is 11.8 Å². The van der Waals surface area contributed by atoms with Crippen molar-refractivity contribution < 1.29 is 19.0 Å². The summed E-state index contributed by atoms with van der Waals surface area (Å²) in [5, 5.41) is 4.65. The van der Waals surface area contributed by atoms with Crippen molar-refractivity contribution in [1.29, 1.82) is 0 Å². The highest BCUT2D eigenvalue weighted by Crippen LogP contribution is 2.31. The molecule has 0 bridgehead atoms. The second kappa shape index (κ2) is 11.9. The molecule has 0 saturated carbocycles. The van der Waals surface area contributed by atoms with Gasteiger partial charge in [0.2, 0.25) is 6.79 Å². The minimum Gasteiger partial charge on any atom is -0.454 e. The van der Waals surface area contributed by atoms with Crippen LogP contribution in [0.1, 0.15) is 76.0 Å². The average Bonchev–Trinajstić information content (AvgIpc) is 3.08. The SMILES string of the molecule is CCC(C)OC(=O)OCO/C(=C(/C=NC)c1ccc(C(C)(C)C)cc1)c1c(C)c(C)nn1CC. The number of benzene rings is 1. The summed E-state index contributed by atoms with van der Waals surface area (Å²) in [5.74, 6) is 0.547. The molecule has 7 heteroatoms. The van der Waals surface area contributed by atoms with Crippen LogP contribution < -0.4 is 0 Å². The van der Waals surface area contributed by atoms with E-state index in [9.17, 15) is 4.79 Å². The first-order valence-electron chi connectivity index (χ1n) is 11.8. The predicted octanol–water partition coefficient (Wildman–Crippen LogP) is 6.31. The van der Waals surface area contributed by atoms with Gasteiger partial charge in [-0.15, -0.1) is 0 Å². The molecule has 0 spiro atoms. The molecule has 0 aliphatic rings. The summed E-state index contributed by atoms with van der Waals surface area (Å²) >= 11 is 0. The van der Waals surface area contributed by atoms with Crippen LogP contribution in [-0.4, -0.2) is 42.1 Å². The second-order valence-corrected chi connectivity index (χ2v) is 9.33. The lowest BCUT2D eigenvalue weighted by Crippen LogP contribution is -2.17. The number of hydrogen-bond donors (Lipinski definition) is 0. The number of ether oxygens (including phenoxy) is 3. The summed E-state index contributed by atoms with van der Waals surface area (Å²) in [4.78, 5) is 16.3. The number of aryl methyl sites for hydroxylation is 2. The maximum atomic E-state index is 12.0. The van der Waals surface area contributed by atoms with Gasteiger partial charge < -0.3 is 14.2 Å². The molecule has 1 unspecified atom stereocenters. The highest BCUT2D eigenvalue weighted by atomic mass is 16.8. The molecular weight excluding hydrogens is 430 g/mol. The molecule has 1 aromatic carbocycles. The molecular formula is C27H39N3O4. The van der Waals surface area contributed by atoms with Gasteiger partial charge in [0.15, 0.2) is 5.76 Å². The molecule has 2 aromatic rings. The van der Waals surface area contributed by atoms with Crippen LogP contribution in [0, 0.1) is 13.8 Å². The first-order valence-corrected chi connectivity index (χ1v) is 11.8. The van der Waals surface area contributed by atoms with E-state index < -0.39 is 6.16 Å². The van der Waals surface area contributed by atoms with Crippen LogP contribution in [-0.2, 0) is 26.2 Å². The maximum Gasteiger partial charge on any atom is 0.511 e. The molecule has 1 aromatic heterocycles. The van der Waals surface area contributed by atoms with Crippen molar-refractivity contribution in [2.24, 2.45) is 4.99 Å². The van der Waals surface area contributed by atoms with Gasteiger partial charge in [-0.3, -0.25) is 9.67 Å². The quantitative estimate of drug-likeness (QED) is 0.186. The van der Waals surface area contributed by atoms with E-state index in [0.717, 1.165) is 28.1 Å². The highest BCUT2D eigenvalue weighted by Gasteiger charge is 2.22. The van der Waals surface area contributed by atoms with Crippen molar-refractivity contribution in [3.05, 3.63) is 52.3 Å². The van der Waals surface area contributed by atoms with Crippen LogP contribution in [0.4, 0.5) is 4.79 Å². The van der Waals surface area contributed by atoms with Gasteiger partial charge >= 0.3 is 6.16 Å². The Labute approximate surface area is 203 Å². The third-order valence-electron chi connectivity index (χ3n) is 5.76. The number of rotatable bonds is 9. The van der Waals surface area contributed by atoms with Crippen LogP contribution in [0.2, 0.25) is 0 Å². The molecule has 0 radical (unpaired) electrons. The fraction of sp³-hybridized carbons (Fsp3) is 0.519. The molecule has 7 nitrogen and oxygen atoms in total. The van der Waals surface area contributed by atoms with Gasteiger partial charge in [0, 0.05) is 30.9 Å². The topological polar surface area (TPSA) is 74.9 Å². The standard InChI is InChI=1S/C27H39N3O4/c1-10-18(3)34-26(31)33-17-32-25(24-19(4)20(5)29-30(24)11-2)23(16-28-9)21-12-14-22(15-13-21)27(6,7)8/h12-16,18H,10-11,17H2,1-9H3/b25-23-,28-16?. The lowest BCUT2D eigenvalue weighted by Gasteiger charge is -2.20. The summed E-state index contributed by atoms with van der Waals surface area (Å²) in [6.45, 7) is 16.7. The Bertz CT molecular complexity index is 1030. The molecule has 186 valence electrons. The van der Waals surface area contributed by atoms with E-state index in [1.807, 2.05) is 39.3 Å². The Balaban J connectivity index is 2.56. The third-order valence-corrected chi connectivity index (χ3v) is 5.76. The zero-order valence-electron chi connectivity index (χ0n) is 22.1. The van der Waals surface area contributed by atoms with E-state index in [0.29, 0.717) is 18.7 Å². The summed E-state index contributed by atoms with van der Waals surface area (Å²) in [7, 11) is 1.72. The van der Waals surface area contributed by atoms with Gasteiger partial charge in [-0.1, -0.05) is 52.0 Å². The number of hydrogen-bond acceptors (Lipinski definition) is 6. The van der Waals surface area contributed by atoms with Crippen LogP contribution in [0.25, 0.3) is 11.3 Å². The van der Waals surface area contributed by atoms with Crippen molar-refractivity contribution in [3.8, 4) is 0 Å². The van der Waals surface area contributed by atoms with Gasteiger partial charge in [0.05, 0.1) is 5.69 Å². The zero-order chi connectivity index (χ0) is 25.5. The summed E-state index contributed by atoms with van der Waals surface area (Å²) in [6.07, 6.45) is 1.49. The fourth-order valence-corrected chi connectivity index (χ4v) is 3.42. The Morgan fingerprint density at radius 2 is 1.79 bits per heavy atom. The maximum absolute atomic E-state index is 12.0. The normalized spacial score (nSPS) is 13.6. The lowest BCUT2D eigenvalue weighted by atomic mass is 9.86. The first kappa shape index (κ1) is 27.2. The van der Waals surface area contributed by atoms with Crippen LogP contribution in [0.5, 0.6) is 0 Å². The van der Waals surface area contributed by atoms with Crippen molar-refractivity contribution in [3.63, 3.8) is 0 Å². The average molecular weight is 470 g/mol. The van der Waals surface area contributed by atoms with Crippen molar-refractivity contribution in [2.45, 2.75) is 79.9 Å². The summed E-state index contributed by atoms with van der Waals surface area (Å²) < 4.78 is 18.4. The molecule has 0 N–H and O–H groups in total. The number of aliphatic imine (C=N–C) groups is 1. The molecule has 0 fully saturated rings. The molecule has 0 saturated heterocycles. The number of aromatic nitrogens is 2. The predicted molar refractivity (Wildman–Crippen MR) is 137 cm³/mol. The highest BCUT2D eigenvalue weighted by molar-refractivity contribution is 6.18. The van der Waals surface area contributed by atoms with E-state index in [1.165, 1.54) is 5.56 Å². The van der Waals surface area contributed by atoms with Gasteiger partial charge in [0.25, 0.3) is 0 Å². The largest absolute Gasteiger partial charge is 0.511 e. The lowest BCUT2D eigenvalue weighted by molar-refractivity contribution is -0.0206. The second-order valence-electron chi connectivity index (χ2n) is 9.33. The van der Waals surface area contributed by atoms with E-state index in [-0.39, 0.29) is 18.3 Å². The first-order chi connectivity index (χ1) is 16.0. The number of carbonyl (C=O) groups is 1. The van der Waals surface area contributed by atoms with Gasteiger partial charge in [-0.2, -0.15) is 5.10 Å². The monoisotopic (exact) mass is 469 g/mol. The molecule has 0 amide bonds. The van der Waals surface area contributed by atoms with E-state index in [4.69, 9.17) is 14.2 Å². The molecule has 2 rings (SSSR count). The number of carbonyl (C=O) groups excluding carboxylic acids is 1. The van der Waals surface area contributed by atoms with Crippen molar-refractivity contribution in [2.75, 3.05) is 13.8 Å². The third kappa shape index (κ3) is 6.72. The summed E-state index contributed by atoms with van der Waals surface area (Å²) in [5.41, 5.74) is 5.72. The van der Waals surface area contributed by atoms with Crippen LogP contribution in [0.15, 0.2) is 29.3 Å². The van der Waals surface area contributed by atoms with E-state index >= 15 is 0 Å². The summed E-state index contributed by atoms with van der Waals surface area (Å²) in [6, 6.07) is 8.36. The van der Waals surface area contributed by atoms with Gasteiger partial charge in [-0.05, 0) is 50.7 Å².